The number of aromatic nitrogens is 2. The van der Waals surface area contributed by atoms with Gasteiger partial charge in [0, 0.05) is 13.0 Å². The summed E-state index contributed by atoms with van der Waals surface area (Å²) in [5, 5.41) is 0.548. The Hall–Kier alpha value is -3.15. The van der Waals surface area contributed by atoms with Crippen LogP contribution in [0.15, 0.2) is 53.3 Å². The smallest absolute Gasteiger partial charge is 0.266 e. The van der Waals surface area contributed by atoms with Gasteiger partial charge in [-0.25, -0.2) is 4.98 Å². The van der Waals surface area contributed by atoms with Crippen LogP contribution in [0.25, 0.3) is 16.6 Å². The van der Waals surface area contributed by atoms with Crippen molar-refractivity contribution in [2.45, 2.75) is 53.5 Å². The molecule has 0 radical (unpaired) electrons. The topological polar surface area (TPSA) is 64.4 Å². The van der Waals surface area contributed by atoms with E-state index in [0.29, 0.717) is 47.0 Å². The molecule has 0 fully saturated rings. The average Bonchev–Trinajstić information content (AvgIpc) is 2.78. The number of fused-ring (bicyclic) bond motifs is 1. The number of nitrogens with zero attached hydrogens (tertiary/aromatic N) is 3. The fraction of sp³-hybridized carbons (Fsp3) is 0.444. The third-order valence-corrected chi connectivity index (χ3v) is 5.82. The van der Waals surface area contributed by atoms with E-state index in [1.807, 2.05) is 68.1 Å². The molecule has 0 aliphatic rings. The summed E-state index contributed by atoms with van der Waals surface area (Å²) in [4.78, 5) is 33.7. The van der Waals surface area contributed by atoms with Gasteiger partial charge in [-0.05, 0) is 61.6 Å². The van der Waals surface area contributed by atoms with E-state index in [4.69, 9.17) is 9.72 Å². The molecule has 1 aromatic heterocycles. The van der Waals surface area contributed by atoms with Crippen LogP contribution in [0.1, 0.15) is 59.3 Å². The summed E-state index contributed by atoms with van der Waals surface area (Å²) in [7, 11) is 1.61. The highest BCUT2D eigenvalue weighted by Crippen LogP contribution is 2.26. The molecular formula is C27H35N3O3. The van der Waals surface area contributed by atoms with Crippen molar-refractivity contribution in [1.29, 1.82) is 0 Å². The molecule has 3 aromatic rings. The van der Waals surface area contributed by atoms with Gasteiger partial charge in [0.1, 0.15) is 11.6 Å². The zero-order chi connectivity index (χ0) is 24.1. The van der Waals surface area contributed by atoms with Crippen molar-refractivity contribution in [1.82, 2.24) is 14.5 Å². The first-order chi connectivity index (χ1) is 15.7. The van der Waals surface area contributed by atoms with Crippen molar-refractivity contribution < 1.29 is 9.53 Å². The van der Waals surface area contributed by atoms with Gasteiger partial charge in [-0.3, -0.25) is 14.2 Å². The maximum absolute atomic E-state index is 13.6. The molecule has 176 valence electrons. The van der Waals surface area contributed by atoms with E-state index in [2.05, 4.69) is 13.8 Å². The SMILES string of the molecule is COc1ccc(-n2c(C(C)N(CCC(C)C)C(=O)CC(C)C)nc3ccccc3c2=O)cc1. The molecule has 0 N–H and O–H groups in total. The molecule has 6 nitrogen and oxygen atoms in total. The van der Waals surface area contributed by atoms with E-state index in [9.17, 15) is 9.59 Å². The Balaban J connectivity index is 2.18. The van der Waals surface area contributed by atoms with Gasteiger partial charge in [0.15, 0.2) is 0 Å². The van der Waals surface area contributed by atoms with Gasteiger partial charge in [-0.2, -0.15) is 0 Å². The van der Waals surface area contributed by atoms with E-state index >= 15 is 0 Å². The maximum atomic E-state index is 13.6. The average molecular weight is 450 g/mol. The molecule has 0 aliphatic carbocycles. The molecule has 0 saturated carbocycles. The first kappa shape index (κ1) is 24.5. The molecule has 0 saturated heterocycles. The number of hydrogen-bond acceptors (Lipinski definition) is 4. The standard InChI is InChI=1S/C27H35N3O3/c1-18(2)15-16-29(25(31)17-19(3)4)20(5)26-28-24-10-8-7-9-23(24)27(32)30(26)21-11-13-22(33-6)14-12-21/h7-14,18-20H,15-17H2,1-6H3. The van der Waals surface area contributed by atoms with E-state index in [1.165, 1.54) is 0 Å². The Kier molecular flexibility index (Phi) is 7.90. The molecule has 1 heterocycles. The van der Waals surface area contributed by atoms with Crippen LogP contribution in [0.2, 0.25) is 0 Å². The Morgan fingerprint density at radius 2 is 1.67 bits per heavy atom. The van der Waals surface area contributed by atoms with Gasteiger partial charge in [-0.15, -0.1) is 0 Å². The van der Waals surface area contributed by atoms with E-state index in [1.54, 1.807) is 17.7 Å². The van der Waals surface area contributed by atoms with Crippen molar-refractivity contribution >= 4 is 16.8 Å². The molecule has 1 atom stereocenters. The summed E-state index contributed by atoms with van der Waals surface area (Å²) in [5.74, 6) is 2.06. The van der Waals surface area contributed by atoms with Crippen molar-refractivity contribution in [2.24, 2.45) is 11.8 Å². The van der Waals surface area contributed by atoms with Gasteiger partial charge in [0.25, 0.3) is 5.56 Å². The number of hydrogen-bond donors (Lipinski definition) is 0. The van der Waals surface area contributed by atoms with E-state index in [0.717, 1.165) is 6.42 Å². The molecule has 0 bridgehead atoms. The Morgan fingerprint density at radius 1 is 1.00 bits per heavy atom. The number of carbonyl (C=O) groups is 1. The third-order valence-electron chi connectivity index (χ3n) is 5.82. The zero-order valence-electron chi connectivity index (χ0n) is 20.5. The summed E-state index contributed by atoms with van der Waals surface area (Å²) in [6, 6.07) is 14.3. The van der Waals surface area contributed by atoms with Crippen LogP contribution in [0, 0.1) is 11.8 Å². The Labute approximate surface area is 196 Å². The van der Waals surface area contributed by atoms with Crippen LogP contribution in [0.4, 0.5) is 0 Å². The number of methoxy groups -OCH3 is 1. The van der Waals surface area contributed by atoms with E-state index in [-0.39, 0.29) is 23.4 Å². The second kappa shape index (κ2) is 10.6. The highest BCUT2D eigenvalue weighted by molar-refractivity contribution is 5.79. The van der Waals surface area contributed by atoms with Gasteiger partial charge < -0.3 is 9.64 Å². The maximum Gasteiger partial charge on any atom is 0.266 e. The highest BCUT2D eigenvalue weighted by atomic mass is 16.5. The number of benzene rings is 2. The van der Waals surface area contributed by atoms with Crippen LogP contribution in [0.5, 0.6) is 5.75 Å². The molecule has 33 heavy (non-hydrogen) atoms. The van der Waals surface area contributed by atoms with Crippen LogP contribution in [-0.2, 0) is 4.79 Å². The van der Waals surface area contributed by atoms with Crippen LogP contribution in [-0.4, -0.2) is 34.0 Å². The van der Waals surface area contributed by atoms with Crippen molar-refractivity contribution in [3.8, 4) is 11.4 Å². The summed E-state index contributed by atoms with van der Waals surface area (Å²) in [5.41, 5.74) is 1.18. The Morgan fingerprint density at radius 3 is 2.27 bits per heavy atom. The first-order valence-corrected chi connectivity index (χ1v) is 11.7. The second-order valence-corrected chi connectivity index (χ2v) is 9.37. The highest BCUT2D eigenvalue weighted by Gasteiger charge is 2.27. The molecule has 6 heteroatoms. The fourth-order valence-corrected chi connectivity index (χ4v) is 3.95. The fourth-order valence-electron chi connectivity index (χ4n) is 3.95. The molecule has 1 amide bonds. The number of carbonyl (C=O) groups excluding carboxylic acids is 1. The molecule has 0 aliphatic heterocycles. The summed E-state index contributed by atoms with van der Waals surface area (Å²) >= 11 is 0. The first-order valence-electron chi connectivity index (χ1n) is 11.7. The predicted octanol–water partition coefficient (Wildman–Crippen LogP) is 5.38. The lowest BCUT2D eigenvalue weighted by atomic mass is 10.1. The lowest BCUT2D eigenvalue weighted by Gasteiger charge is -2.31. The number of ether oxygens (including phenoxy) is 1. The van der Waals surface area contributed by atoms with Gasteiger partial charge >= 0.3 is 0 Å². The normalized spacial score (nSPS) is 12.4. The number of rotatable bonds is 9. The van der Waals surface area contributed by atoms with E-state index < -0.39 is 0 Å². The van der Waals surface area contributed by atoms with Crippen molar-refractivity contribution in [3.05, 3.63) is 64.7 Å². The summed E-state index contributed by atoms with van der Waals surface area (Å²) < 4.78 is 6.92. The van der Waals surface area contributed by atoms with Crippen LogP contribution in [0.3, 0.4) is 0 Å². The summed E-state index contributed by atoms with van der Waals surface area (Å²) in [6.07, 6.45) is 1.34. The van der Waals surface area contributed by atoms with Gasteiger partial charge in [0.2, 0.25) is 5.91 Å². The van der Waals surface area contributed by atoms with Gasteiger partial charge in [0.05, 0.1) is 29.7 Å². The monoisotopic (exact) mass is 449 g/mol. The Bertz CT molecular complexity index is 1150. The quantitative estimate of drug-likeness (QED) is 0.440. The van der Waals surface area contributed by atoms with Crippen LogP contribution >= 0.6 is 0 Å². The minimum absolute atomic E-state index is 0.0850. The molecular weight excluding hydrogens is 414 g/mol. The minimum Gasteiger partial charge on any atom is -0.497 e. The lowest BCUT2D eigenvalue weighted by Crippen LogP contribution is -2.38. The molecule has 0 spiro atoms. The number of amides is 1. The van der Waals surface area contributed by atoms with Crippen molar-refractivity contribution in [3.63, 3.8) is 0 Å². The third kappa shape index (κ3) is 5.62. The molecule has 2 aromatic carbocycles. The van der Waals surface area contributed by atoms with Crippen LogP contribution < -0.4 is 10.3 Å². The van der Waals surface area contributed by atoms with Crippen molar-refractivity contribution in [2.75, 3.05) is 13.7 Å². The number of para-hydroxylation sites is 1. The predicted molar refractivity (Wildman–Crippen MR) is 133 cm³/mol. The zero-order valence-corrected chi connectivity index (χ0v) is 20.5. The largest absolute Gasteiger partial charge is 0.497 e. The lowest BCUT2D eigenvalue weighted by molar-refractivity contribution is -0.134. The minimum atomic E-state index is -0.366. The molecule has 3 rings (SSSR count). The van der Waals surface area contributed by atoms with Gasteiger partial charge in [-0.1, -0.05) is 39.8 Å². The summed E-state index contributed by atoms with van der Waals surface area (Å²) in [6.45, 7) is 11.0. The molecule has 1 unspecified atom stereocenters. The second-order valence-electron chi connectivity index (χ2n) is 9.37.